The number of aromatic nitrogens is 3. The number of ether oxygens (including phenoxy) is 1. The van der Waals surface area contributed by atoms with E-state index in [9.17, 15) is 4.79 Å². The van der Waals surface area contributed by atoms with Crippen LogP contribution in [0.3, 0.4) is 0 Å². The van der Waals surface area contributed by atoms with E-state index < -0.39 is 0 Å². The summed E-state index contributed by atoms with van der Waals surface area (Å²) in [7, 11) is 0. The number of morpholine rings is 1. The molecule has 2 heterocycles. The number of hydrogen-bond acceptors (Lipinski definition) is 5. The summed E-state index contributed by atoms with van der Waals surface area (Å²) in [6.07, 6.45) is 2.32. The lowest BCUT2D eigenvalue weighted by Gasteiger charge is -2.30. The van der Waals surface area contributed by atoms with Crippen LogP contribution in [-0.4, -0.2) is 51.9 Å². The molecule has 1 saturated heterocycles. The van der Waals surface area contributed by atoms with Crippen molar-refractivity contribution in [3.8, 4) is 0 Å². The average molecular weight is 435 g/mol. The Kier molecular flexibility index (Phi) is 6.04. The largest absolute Gasteiger partial charge is 0.378 e. The first-order valence-electron chi connectivity index (χ1n) is 10.8. The number of carbonyl (C=O) groups is 1. The van der Waals surface area contributed by atoms with Gasteiger partial charge in [0, 0.05) is 19.0 Å². The lowest BCUT2D eigenvalue weighted by Crippen LogP contribution is -2.42. The maximum absolute atomic E-state index is 13.5. The van der Waals surface area contributed by atoms with E-state index >= 15 is 0 Å². The molecule has 0 unspecified atom stereocenters. The van der Waals surface area contributed by atoms with Crippen molar-refractivity contribution >= 4 is 17.7 Å². The minimum absolute atomic E-state index is 0.113. The highest BCUT2D eigenvalue weighted by atomic mass is 32.2. The van der Waals surface area contributed by atoms with E-state index in [2.05, 4.69) is 39.0 Å². The third-order valence-electron chi connectivity index (χ3n) is 5.74. The van der Waals surface area contributed by atoms with Gasteiger partial charge in [-0.15, -0.1) is 10.2 Å². The third kappa shape index (κ3) is 4.67. The summed E-state index contributed by atoms with van der Waals surface area (Å²) in [4.78, 5) is 15.4. The first-order chi connectivity index (χ1) is 15.3. The SMILES string of the molecule is O=C([C@H](Sc1nnc(C2CC2)n1Cc1ccccc1)c1ccccc1)N1CCOCC1. The molecule has 0 bridgehead atoms. The Morgan fingerprint density at radius 1 is 1.00 bits per heavy atom. The Labute approximate surface area is 186 Å². The second kappa shape index (κ2) is 9.24. The fourth-order valence-electron chi connectivity index (χ4n) is 3.89. The van der Waals surface area contributed by atoms with E-state index in [1.54, 1.807) is 0 Å². The summed E-state index contributed by atoms with van der Waals surface area (Å²) in [5, 5.41) is 9.54. The number of benzene rings is 2. The van der Waals surface area contributed by atoms with Crippen molar-refractivity contribution in [1.82, 2.24) is 19.7 Å². The second-order valence-electron chi connectivity index (χ2n) is 8.03. The zero-order valence-corrected chi connectivity index (χ0v) is 18.2. The molecule has 2 fully saturated rings. The van der Waals surface area contributed by atoms with Crippen molar-refractivity contribution in [2.24, 2.45) is 0 Å². The number of carbonyl (C=O) groups excluding carboxylic acids is 1. The van der Waals surface area contributed by atoms with Crippen LogP contribution in [0.25, 0.3) is 0 Å². The zero-order chi connectivity index (χ0) is 21.0. The van der Waals surface area contributed by atoms with Crippen molar-refractivity contribution in [2.75, 3.05) is 26.3 Å². The molecule has 5 rings (SSSR count). The van der Waals surface area contributed by atoms with Crippen LogP contribution in [-0.2, 0) is 16.1 Å². The van der Waals surface area contributed by atoms with Gasteiger partial charge in [-0.05, 0) is 24.0 Å². The van der Waals surface area contributed by atoms with Gasteiger partial charge >= 0.3 is 0 Å². The predicted molar refractivity (Wildman–Crippen MR) is 120 cm³/mol. The van der Waals surface area contributed by atoms with Crippen LogP contribution in [0.2, 0.25) is 0 Å². The average Bonchev–Trinajstić information content (AvgIpc) is 3.61. The van der Waals surface area contributed by atoms with Crippen molar-refractivity contribution < 1.29 is 9.53 Å². The number of rotatable bonds is 7. The molecular formula is C24H26N4O2S. The fourth-order valence-corrected chi connectivity index (χ4v) is 5.02. The molecule has 1 atom stereocenters. The van der Waals surface area contributed by atoms with Crippen LogP contribution in [0.5, 0.6) is 0 Å². The summed E-state index contributed by atoms with van der Waals surface area (Å²) in [5.41, 5.74) is 2.20. The van der Waals surface area contributed by atoms with Crippen LogP contribution in [0.1, 0.15) is 41.0 Å². The van der Waals surface area contributed by atoms with Crippen molar-refractivity contribution in [3.05, 3.63) is 77.6 Å². The van der Waals surface area contributed by atoms with E-state index in [1.807, 2.05) is 41.3 Å². The monoisotopic (exact) mass is 434 g/mol. The molecule has 1 amide bonds. The predicted octanol–water partition coefficient (Wildman–Crippen LogP) is 3.90. The highest BCUT2D eigenvalue weighted by Crippen LogP contribution is 2.42. The van der Waals surface area contributed by atoms with E-state index in [0.29, 0.717) is 32.2 Å². The van der Waals surface area contributed by atoms with Gasteiger partial charge in [0.15, 0.2) is 5.16 Å². The van der Waals surface area contributed by atoms with E-state index in [1.165, 1.54) is 17.3 Å². The molecular weight excluding hydrogens is 408 g/mol. The minimum atomic E-state index is -0.356. The topological polar surface area (TPSA) is 60.2 Å². The van der Waals surface area contributed by atoms with Gasteiger partial charge in [-0.3, -0.25) is 4.79 Å². The lowest BCUT2D eigenvalue weighted by molar-refractivity contribution is -0.134. The number of hydrogen-bond donors (Lipinski definition) is 0. The van der Waals surface area contributed by atoms with Crippen LogP contribution in [0, 0.1) is 0 Å². The quantitative estimate of drug-likeness (QED) is 0.528. The molecule has 0 spiro atoms. The normalized spacial score (nSPS) is 17.5. The Morgan fingerprint density at radius 3 is 2.35 bits per heavy atom. The Balaban J connectivity index is 1.46. The summed E-state index contributed by atoms with van der Waals surface area (Å²) < 4.78 is 7.66. The molecule has 2 aliphatic rings. The first-order valence-corrected chi connectivity index (χ1v) is 11.7. The Morgan fingerprint density at radius 2 is 1.68 bits per heavy atom. The van der Waals surface area contributed by atoms with E-state index in [0.717, 1.165) is 35.9 Å². The highest BCUT2D eigenvalue weighted by Gasteiger charge is 2.33. The van der Waals surface area contributed by atoms with Crippen LogP contribution in [0.15, 0.2) is 65.8 Å². The van der Waals surface area contributed by atoms with Crippen LogP contribution < -0.4 is 0 Å². The number of amides is 1. The van der Waals surface area contributed by atoms with Gasteiger partial charge in [0.1, 0.15) is 11.1 Å². The molecule has 1 aliphatic carbocycles. The van der Waals surface area contributed by atoms with Gasteiger partial charge in [0.05, 0.1) is 19.8 Å². The van der Waals surface area contributed by atoms with Gasteiger partial charge in [-0.2, -0.15) is 0 Å². The van der Waals surface area contributed by atoms with Crippen molar-refractivity contribution in [2.45, 2.75) is 35.7 Å². The van der Waals surface area contributed by atoms with E-state index in [4.69, 9.17) is 4.74 Å². The molecule has 2 aromatic carbocycles. The second-order valence-corrected chi connectivity index (χ2v) is 9.11. The van der Waals surface area contributed by atoms with Gasteiger partial charge in [0.2, 0.25) is 5.91 Å². The lowest BCUT2D eigenvalue weighted by atomic mass is 10.1. The minimum Gasteiger partial charge on any atom is -0.378 e. The van der Waals surface area contributed by atoms with Crippen molar-refractivity contribution in [3.63, 3.8) is 0 Å². The van der Waals surface area contributed by atoms with E-state index in [-0.39, 0.29) is 11.2 Å². The van der Waals surface area contributed by atoms with Gasteiger partial charge in [0.25, 0.3) is 0 Å². The molecule has 7 heteroatoms. The molecule has 31 heavy (non-hydrogen) atoms. The summed E-state index contributed by atoms with van der Waals surface area (Å²) >= 11 is 1.51. The highest BCUT2D eigenvalue weighted by molar-refractivity contribution is 8.00. The first kappa shape index (κ1) is 20.3. The summed E-state index contributed by atoms with van der Waals surface area (Å²) in [6, 6.07) is 20.4. The molecule has 3 aromatic rings. The van der Waals surface area contributed by atoms with Crippen molar-refractivity contribution in [1.29, 1.82) is 0 Å². The maximum Gasteiger partial charge on any atom is 0.240 e. The molecule has 1 aliphatic heterocycles. The van der Waals surface area contributed by atoms with Gasteiger partial charge < -0.3 is 14.2 Å². The standard InChI is InChI=1S/C24H26N4O2S/c29-23(27-13-15-30-16-14-27)21(19-9-5-2-6-10-19)31-24-26-25-22(20-11-12-20)28(24)17-18-7-3-1-4-8-18/h1-10,20-21H,11-17H2/t21-/m1/s1. The summed E-state index contributed by atoms with van der Waals surface area (Å²) in [5.74, 6) is 1.63. The van der Waals surface area contributed by atoms with Gasteiger partial charge in [-0.1, -0.05) is 72.4 Å². The Bertz CT molecular complexity index is 1010. The molecule has 6 nitrogen and oxygen atoms in total. The zero-order valence-electron chi connectivity index (χ0n) is 17.4. The fraction of sp³-hybridized carbons (Fsp3) is 0.375. The summed E-state index contributed by atoms with van der Waals surface area (Å²) in [6.45, 7) is 3.16. The van der Waals surface area contributed by atoms with Gasteiger partial charge in [-0.25, -0.2) is 0 Å². The van der Waals surface area contributed by atoms with Crippen LogP contribution in [0.4, 0.5) is 0 Å². The molecule has 1 aromatic heterocycles. The number of thioether (sulfide) groups is 1. The molecule has 0 radical (unpaired) electrons. The van der Waals surface area contributed by atoms with Crippen LogP contribution >= 0.6 is 11.8 Å². The maximum atomic E-state index is 13.5. The third-order valence-corrected chi connectivity index (χ3v) is 6.97. The number of nitrogens with zero attached hydrogens (tertiary/aromatic N) is 4. The smallest absolute Gasteiger partial charge is 0.240 e. The Hall–Kier alpha value is -2.64. The molecule has 160 valence electrons. The molecule has 1 saturated carbocycles. The molecule has 0 N–H and O–H groups in total.